The zero-order valence-corrected chi connectivity index (χ0v) is 9.50. The highest BCUT2D eigenvalue weighted by Crippen LogP contribution is 2.13. The number of carbonyl (C=O) groups is 1. The second kappa shape index (κ2) is 5.16. The summed E-state index contributed by atoms with van der Waals surface area (Å²) in [6.45, 7) is 2.00. The summed E-state index contributed by atoms with van der Waals surface area (Å²) in [6, 6.07) is 16.4. The molecule has 0 atom stereocenters. The zero-order valence-electron chi connectivity index (χ0n) is 9.50. The fourth-order valence-electron chi connectivity index (χ4n) is 1.35. The van der Waals surface area contributed by atoms with Crippen molar-refractivity contribution in [1.29, 1.82) is 0 Å². The molecule has 0 N–H and O–H groups in total. The summed E-state index contributed by atoms with van der Waals surface area (Å²) in [5.41, 5.74) is 2.38. The van der Waals surface area contributed by atoms with Crippen LogP contribution in [-0.2, 0) is 0 Å². The lowest BCUT2D eigenvalue weighted by molar-refractivity contribution is 0.0995. The number of hydrogen-bond acceptors (Lipinski definition) is 2. The quantitative estimate of drug-likeness (QED) is 0.713. The van der Waals surface area contributed by atoms with Crippen molar-refractivity contribution in [1.82, 2.24) is 0 Å². The zero-order chi connectivity index (χ0) is 12.1. The van der Waals surface area contributed by atoms with Crippen LogP contribution in [0.15, 0.2) is 64.8 Å². The highest BCUT2D eigenvalue weighted by atomic mass is 16.1. The molecule has 17 heavy (non-hydrogen) atoms. The molecule has 0 heterocycles. The molecule has 0 fully saturated rings. The summed E-state index contributed by atoms with van der Waals surface area (Å²) in [6.07, 6.45) is 0. The van der Waals surface area contributed by atoms with E-state index >= 15 is 0 Å². The van der Waals surface area contributed by atoms with E-state index in [4.69, 9.17) is 0 Å². The number of azo groups is 1. The lowest BCUT2D eigenvalue weighted by atomic mass is 10.2. The Morgan fingerprint density at radius 2 is 1.59 bits per heavy atom. The van der Waals surface area contributed by atoms with Gasteiger partial charge < -0.3 is 0 Å². The first-order valence-corrected chi connectivity index (χ1v) is 5.33. The Labute approximate surface area is 99.8 Å². The monoisotopic (exact) mass is 224 g/mol. The van der Waals surface area contributed by atoms with Crippen LogP contribution in [0, 0.1) is 6.92 Å². The molecule has 3 nitrogen and oxygen atoms in total. The number of rotatable bonds is 2. The molecule has 1 amide bonds. The SMILES string of the molecule is Cc1ccc(N=NC(=O)c2ccccc2)cc1. The minimum Gasteiger partial charge on any atom is -0.265 e. The van der Waals surface area contributed by atoms with Crippen LogP contribution >= 0.6 is 0 Å². The summed E-state index contributed by atoms with van der Waals surface area (Å²) in [5, 5.41) is 7.58. The Morgan fingerprint density at radius 3 is 2.24 bits per heavy atom. The fourth-order valence-corrected chi connectivity index (χ4v) is 1.35. The molecule has 0 spiro atoms. The molecule has 0 radical (unpaired) electrons. The van der Waals surface area contributed by atoms with E-state index in [2.05, 4.69) is 10.2 Å². The summed E-state index contributed by atoms with van der Waals surface area (Å²) in [5.74, 6) is -0.328. The first kappa shape index (κ1) is 11.2. The maximum atomic E-state index is 11.6. The Balaban J connectivity index is 2.11. The van der Waals surface area contributed by atoms with E-state index in [1.165, 1.54) is 0 Å². The van der Waals surface area contributed by atoms with E-state index in [0.29, 0.717) is 11.3 Å². The highest BCUT2D eigenvalue weighted by Gasteiger charge is 2.01. The van der Waals surface area contributed by atoms with Gasteiger partial charge in [-0.2, -0.15) is 0 Å². The maximum absolute atomic E-state index is 11.6. The van der Waals surface area contributed by atoms with Gasteiger partial charge in [-0.25, -0.2) is 0 Å². The molecule has 0 aliphatic rings. The molecule has 0 unspecified atom stereocenters. The van der Waals surface area contributed by atoms with E-state index in [9.17, 15) is 4.79 Å². The third kappa shape index (κ3) is 3.08. The standard InChI is InChI=1S/C14H12N2O/c1-11-7-9-13(10-8-11)15-16-14(17)12-5-3-2-4-6-12/h2-10H,1H3. The topological polar surface area (TPSA) is 41.8 Å². The van der Waals surface area contributed by atoms with Gasteiger partial charge in [-0.1, -0.05) is 35.9 Å². The number of hydrogen-bond donors (Lipinski definition) is 0. The average Bonchev–Trinajstić information content (AvgIpc) is 2.39. The van der Waals surface area contributed by atoms with Gasteiger partial charge in [-0.15, -0.1) is 10.2 Å². The van der Waals surface area contributed by atoms with Gasteiger partial charge in [-0.05, 0) is 31.2 Å². The summed E-state index contributed by atoms with van der Waals surface area (Å²) < 4.78 is 0. The smallest absolute Gasteiger partial charge is 0.265 e. The van der Waals surface area contributed by atoms with E-state index in [-0.39, 0.29) is 5.91 Å². The summed E-state index contributed by atoms with van der Waals surface area (Å²) in [7, 11) is 0. The Morgan fingerprint density at radius 1 is 0.941 bits per heavy atom. The molecule has 0 saturated heterocycles. The number of aryl methyl sites for hydroxylation is 1. The Kier molecular flexibility index (Phi) is 3.40. The molecular formula is C14H12N2O. The van der Waals surface area contributed by atoms with E-state index < -0.39 is 0 Å². The van der Waals surface area contributed by atoms with Gasteiger partial charge in [0.2, 0.25) is 0 Å². The number of carbonyl (C=O) groups excluding carboxylic acids is 1. The van der Waals surface area contributed by atoms with Crippen LogP contribution in [0.1, 0.15) is 15.9 Å². The summed E-state index contributed by atoms with van der Waals surface area (Å²) in [4.78, 5) is 11.6. The molecule has 0 aromatic heterocycles. The van der Waals surface area contributed by atoms with Crippen molar-refractivity contribution >= 4 is 11.6 Å². The van der Waals surface area contributed by atoms with E-state index in [1.807, 2.05) is 37.3 Å². The van der Waals surface area contributed by atoms with Crippen molar-refractivity contribution in [2.24, 2.45) is 10.2 Å². The number of benzene rings is 2. The van der Waals surface area contributed by atoms with Gasteiger partial charge in [0.25, 0.3) is 5.91 Å². The maximum Gasteiger partial charge on any atom is 0.295 e. The van der Waals surface area contributed by atoms with Crippen molar-refractivity contribution in [3.8, 4) is 0 Å². The predicted molar refractivity (Wildman–Crippen MR) is 66.5 cm³/mol. The van der Waals surface area contributed by atoms with Gasteiger partial charge in [0.15, 0.2) is 0 Å². The molecule has 0 saturated carbocycles. The highest BCUT2D eigenvalue weighted by molar-refractivity contribution is 5.94. The van der Waals surface area contributed by atoms with Crippen molar-refractivity contribution in [2.45, 2.75) is 6.92 Å². The molecule has 84 valence electrons. The lowest BCUT2D eigenvalue weighted by Crippen LogP contribution is -1.91. The van der Waals surface area contributed by atoms with Gasteiger partial charge in [0.1, 0.15) is 0 Å². The molecular weight excluding hydrogens is 212 g/mol. The molecule has 3 heteroatoms. The second-order valence-electron chi connectivity index (χ2n) is 3.71. The largest absolute Gasteiger partial charge is 0.295 e. The van der Waals surface area contributed by atoms with Crippen LogP contribution in [0.3, 0.4) is 0 Å². The van der Waals surface area contributed by atoms with Crippen LogP contribution in [-0.4, -0.2) is 5.91 Å². The predicted octanol–water partition coefficient (Wildman–Crippen LogP) is 3.92. The fraction of sp³-hybridized carbons (Fsp3) is 0.0714. The van der Waals surface area contributed by atoms with Crippen molar-refractivity contribution < 1.29 is 4.79 Å². The van der Waals surface area contributed by atoms with Crippen molar-refractivity contribution in [2.75, 3.05) is 0 Å². The van der Waals surface area contributed by atoms with Gasteiger partial charge in [0.05, 0.1) is 5.69 Å². The minimum atomic E-state index is -0.328. The number of nitrogens with zero attached hydrogens (tertiary/aromatic N) is 2. The van der Waals surface area contributed by atoms with Crippen LogP contribution in [0.4, 0.5) is 5.69 Å². The Hall–Kier alpha value is -2.29. The van der Waals surface area contributed by atoms with E-state index in [1.54, 1.807) is 24.3 Å². The first-order valence-electron chi connectivity index (χ1n) is 5.33. The van der Waals surface area contributed by atoms with Crippen LogP contribution in [0.5, 0.6) is 0 Å². The molecule has 2 aromatic carbocycles. The third-order valence-electron chi connectivity index (χ3n) is 2.31. The molecule has 0 aliphatic carbocycles. The molecule has 0 aliphatic heterocycles. The van der Waals surface area contributed by atoms with E-state index in [0.717, 1.165) is 5.56 Å². The van der Waals surface area contributed by atoms with Crippen LogP contribution in [0.2, 0.25) is 0 Å². The van der Waals surface area contributed by atoms with Gasteiger partial charge in [-0.3, -0.25) is 4.79 Å². The third-order valence-corrected chi connectivity index (χ3v) is 2.31. The molecule has 0 bridgehead atoms. The normalized spacial score (nSPS) is 10.6. The van der Waals surface area contributed by atoms with Crippen LogP contribution in [0.25, 0.3) is 0 Å². The van der Waals surface area contributed by atoms with Gasteiger partial charge >= 0.3 is 0 Å². The lowest BCUT2D eigenvalue weighted by Gasteiger charge is -1.94. The average molecular weight is 224 g/mol. The minimum absolute atomic E-state index is 0.328. The molecule has 2 aromatic rings. The number of amides is 1. The van der Waals surface area contributed by atoms with Crippen molar-refractivity contribution in [3.63, 3.8) is 0 Å². The second-order valence-corrected chi connectivity index (χ2v) is 3.71. The molecule has 2 rings (SSSR count). The first-order chi connectivity index (χ1) is 8.25. The van der Waals surface area contributed by atoms with Crippen molar-refractivity contribution in [3.05, 3.63) is 65.7 Å². The Bertz CT molecular complexity index is 530. The van der Waals surface area contributed by atoms with Gasteiger partial charge in [0, 0.05) is 5.56 Å². The van der Waals surface area contributed by atoms with Crippen LogP contribution < -0.4 is 0 Å². The summed E-state index contributed by atoms with van der Waals surface area (Å²) >= 11 is 0.